The molecule has 0 unspecified atom stereocenters. The van der Waals surface area contributed by atoms with Crippen molar-refractivity contribution in [1.29, 1.82) is 15.8 Å². The number of hydrogen-bond donors (Lipinski definition) is 1. The van der Waals surface area contributed by atoms with Crippen LogP contribution >= 0.6 is 11.8 Å². The van der Waals surface area contributed by atoms with E-state index in [1.54, 1.807) is 24.3 Å². The van der Waals surface area contributed by atoms with Crippen molar-refractivity contribution in [2.75, 3.05) is 5.32 Å². The minimum atomic E-state index is -0.546. The Balaban J connectivity index is 2.43. The van der Waals surface area contributed by atoms with E-state index < -0.39 is 10.5 Å². The predicted octanol–water partition coefficient (Wildman–Crippen LogP) is 4.29. The number of benzene rings is 2. The molecule has 7 nitrogen and oxygen atoms in total. The van der Waals surface area contributed by atoms with Crippen molar-refractivity contribution >= 4 is 23.1 Å². The summed E-state index contributed by atoms with van der Waals surface area (Å²) in [6.45, 7) is 1.96. The lowest BCUT2D eigenvalue weighted by Crippen LogP contribution is -2.01. The highest BCUT2D eigenvalue weighted by Crippen LogP contribution is 2.33. The van der Waals surface area contributed by atoms with Gasteiger partial charge in [-0.1, -0.05) is 29.5 Å². The molecule has 0 aliphatic rings. The number of nitrogens with zero attached hydrogens (tertiary/aromatic N) is 4. The van der Waals surface area contributed by atoms with Crippen molar-refractivity contribution < 1.29 is 4.92 Å². The zero-order valence-corrected chi connectivity index (χ0v) is 14.4. The average Bonchev–Trinajstić information content (AvgIpc) is 2.63. The van der Waals surface area contributed by atoms with Crippen LogP contribution in [0.5, 0.6) is 0 Å². The van der Waals surface area contributed by atoms with Crippen LogP contribution in [0.25, 0.3) is 0 Å². The maximum absolute atomic E-state index is 11.2. The van der Waals surface area contributed by atoms with Crippen LogP contribution in [0.15, 0.2) is 63.5 Å². The number of aryl methyl sites for hydroxylation is 1. The second kappa shape index (κ2) is 8.34. The summed E-state index contributed by atoms with van der Waals surface area (Å²) in [5, 5.41) is 40.7. The van der Waals surface area contributed by atoms with Crippen LogP contribution < -0.4 is 5.32 Å². The lowest BCUT2D eigenvalue weighted by atomic mass is 10.2. The first kappa shape index (κ1) is 18.5. The number of anilines is 1. The lowest BCUT2D eigenvalue weighted by Gasteiger charge is -2.08. The van der Waals surface area contributed by atoms with Gasteiger partial charge >= 0.3 is 0 Å². The Bertz CT molecular complexity index is 992. The van der Waals surface area contributed by atoms with Crippen LogP contribution in [0.1, 0.15) is 5.56 Å². The van der Waals surface area contributed by atoms with Crippen molar-refractivity contribution in [1.82, 2.24) is 0 Å². The van der Waals surface area contributed by atoms with Crippen molar-refractivity contribution in [2.24, 2.45) is 0 Å². The van der Waals surface area contributed by atoms with Crippen molar-refractivity contribution in [3.8, 4) is 18.2 Å². The molecule has 2 aromatic carbocycles. The van der Waals surface area contributed by atoms with Gasteiger partial charge in [-0.25, -0.2) is 0 Å². The molecule has 0 amide bonds. The smallest absolute Gasteiger partial charge is 0.272 e. The Labute approximate surface area is 153 Å². The van der Waals surface area contributed by atoms with E-state index in [1.165, 1.54) is 23.9 Å². The summed E-state index contributed by atoms with van der Waals surface area (Å²) < 4.78 is 0. The Hall–Kier alpha value is -3.80. The van der Waals surface area contributed by atoms with E-state index in [0.29, 0.717) is 4.90 Å². The molecule has 0 radical (unpaired) electrons. The highest BCUT2D eigenvalue weighted by molar-refractivity contribution is 7.99. The molecule has 126 valence electrons. The van der Waals surface area contributed by atoms with Crippen LogP contribution in [-0.2, 0) is 0 Å². The fraction of sp³-hybridized carbons (Fsp3) is 0.0556. The highest BCUT2D eigenvalue weighted by Gasteiger charge is 2.13. The first-order valence-corrected chi connectivity index (χ1v) is 8.04. The van der Waals surface area contributed by atoms with Gasteiger partial charge in [0.2, 0.25) is 0 Å². The molecule has 0 aromatic heterocycles. The number of non-ortho nitro benzene ring substituents is 1. The normalized spacial score (nSPS) is 9.31. The number of rotatable bonds is 5. The molecule has 0 heterocycles. The van der Waals surface area contributed by atoms with E-state index in [4.69, 9.17) is 15.8 Å². The van der Waals surface area contributed by atoms with Crippen molar-refractivity contribution in [3.63, 3.8) is 0 Å². The molecular weight excluding hydrogens is 350 g/mol. The van der Waals surface area contributed by atoms with E-state index in [9.17, 15) is 10.1 Å². The number of allylic oxidation sites excluding steroid dienone is 2. The maximum atomic E-state index is 11.2. The standard InChI is InChI=1S/C18H11N5O2S/c1-12-2-4-16(5-3-12)26-17-7-14(6-15(8-17)23(24)25)22-18(11-21)13(9-19)10-20/h2-8,22H,1H3. The van der Waals surface area contributed by atoms with Crippen LogP contribution in [-0.4, -0.2) is 4.92 Å². The molecule has 0 atom stereocenters. The number of nitro groups is 1. The van der Waals surface area contributed by atoms with E-state index in [2.05, 4.69) is 5.32 Å². The Morgan fingerprint density at radius 3 is 2.23 bits per heavy atom. The summed E-state index contributed by atoms with van der Waals surface area (Å²) in [6, 6.07) is 16.9. The van der Waals surface area contributed by atoms with E-state index in [1.807, 2.05) is 31.2 Å². The Morgan fingerprint density at radius 2 is 1.69 bits per heavy atom. The highest BCUT2D eigenvalue weighted by atomic mass is 32.2. The minimum Gasteiger partial charge on any atom is -0.345 e. The van der Waals surface area contributed by atoms with Gasteiger partial charge in [-0.15, -0.1) is 0 Å². The molecule has 8 heteroatoms. The quantitative estimate of drug-likeness (QED) is 0.478. The molecular formula is C18H11N5O2S. The zero-order valence-electron chi connectivity index (χ0n) is 13.6. The maximum Gasteiger partial charge on any atom is 0.272 e. The predicted molar refractivity (Wildman–Crippen MR) is 95.9 cm³/mol. The largest absolute Gasteiger partial charge is 0.345 e. The fourth-order valence-electron chi connectivity index (χ4n) is 1.99. The topological polar surface area (TPSA) is 127 Å². The molecule has 0 fully saturated rings. The first-order chi connectivity index (χ1) is 12.5. The summed E-state index contributed by atoms with van der Waals surface area (Å²) >= 11 is 1.32. The summed E-state index contributed by atoms with van der Waals surface area (Å²) in [5.41, 5.74) is 0.513. The third-order valence-electron chi connectivity index (χ3n) is 3.21. The van der Waals surface area contributed by atoms with Gasteiger partial charge in [-0.05, 0) is 25.1 Å². The number of hydrogen-bond acceptors (Lipinski definition) is 7. The Kier molecular flexibility index (Phi) is 5.95. The number of nitrogens with one attached hydrogen (secondary N) is 1. The zero-order chi connectivity index (χ0) is 19.1. The van der Waals surface area contributed by atoms with Crippen LogP contribution in [0.4, 0.5) is 11.4 Å². The first-order valence-electron chi connectivity index (χ1n) is 7.22. The number of nitro benzene ring substituents is 1. The molecule has 0 saturated carbocycles. The third kappa shape index (κ3) is 4.61. The molecule has 2 aromatic rings. The summed E-state index contributed by atoms with van der Waals surface area (Å²) in [6.07, 6.45) is 0. The van der Waals surface area contributed by atoms with Crippen LogP contribution in [0.3, 0.4) is 0 Å². The molecule has 0 saturated heterocycles. The number of nitriles is 3. The monoisotopic (exact) mass is 361 g/mol. The molecule has 1 N–H and O–H groups in total. The van der Waals surface area contributed by atoms with E-state index >= 15 is 0 Å². The molecule has 0 aliphatic carbocycles. The molecule has 26 heavy (non-hydrogen) atoms. The SMILES string of the molecule is Cc1ccc(Sc2cc(NC(C#N)=C(C#N)C#N)cc([N+](=O)[O-])c2)cc1. The van der Waals surface area contributed by atoms with Gasteiger partial charge < -0.3 is 5.32 Å². The second-order valence-electron chi connectivity index (χ2n) is 5.10. The molecule has 0 spiro atoms. The van der Waals surface area contributed by atoms with Gasteiger partial charge in [0.05, 0.1) is 4.92 Å². The summed E-state index contributed by atoms with van der Waals surface area (Å²) in [5.74, 6) is 0. The molecule has 0 bridgehead atoms. The van der Waals surface area contributed by atoms with Gasteiger partial charge in [-0.2, -0.15) is 15.8 Å². The summed E-state index contributed by atoms with van der Waals surface area (Å²) in [4.78, 5) is 12.1. The van der Waals surface area contributed by atoms with Crippen LogP contribution in [0.2, 0.25) is 0 Å². The van der Waals surface area contributed by atoms with Gasteiger partial charge in [0.25, 0.3) is 5.69 Å². The van der Waals surface area contributed by atoms with Crippen molar-refractivity contribution in [2.45, 2.75) is 16.7 Å². The summed E-state index contributed by atoms with van der Waals surface area (Å²) in [7, 11) is 0. The van der Waals surface area contributed by atoms with E-state index in [0.717, 1.165) is 10.5 Å². The average molecular weight is 361 g/mol. The fourth-order valence-corrected chi connectivity index (χ4v) is 2.90. The van der Waals surface area contributed by atoms with Crippen LogP contribution in [0, 0.1) is 51.0 Å². The van der Waals surface area contributed by atoms with E-state index in [-0.39, 0.29) is 17.1 Å². The van der Waals surface area contributed by atoms with Gasteiger partial charge in [0, 0.05) is 27.6 Å². The van der Waals surface area contributed by atoms with Gasteiger partial charge in [0.15, 0.2) is 5.57 Å². The third-order valence-corrected chi connectivity index (χ3v) is 4.19. The molecule has 0 aliphatic heterocycles. The minimum absolute atomic E-state index is 0.169. The Morgan fingerprint density at radius 1 is 1.04 bits per heavy atom. The second-order valence-corrected chi connectivity index (χ2v) is 6.25. The molecule has 2 rings (SSSR count). The van der Waals surface area contributed by atoms with Gasteiger partial charge in [0.1, 0.15) is 23.9 Å². The van der Waals surface area contributed by atoms with Crippen molar-refractivity contribution in [3.05, 3.63) is 69.4 Å². The van der Waals surface area contributed by atoms with Gasteiger partial charge in [-0.3, -0.25) is 10.1 Å². The lowest BCUT2D eigenvalue weighted by molar-refractivity contribution is -0.385.